The smallest absolute Gasteiger partial charge is 0.358 e. The number of benzene rings is 1. The highest BCUT2D eigenvalue weighted by atomic mass is 79.9. The van der Waals surface area contributed by atoms with Crippen molar-refractivity contribution >= 4 is 21.9 Å². The van der Waals surface area contributed by atoms with E-state index >= 15 is 0 Å². The van der Waals surface area contributed by atoms with E-state index in [1.54, 1.807) is 13.2 Å². The number of carboxylic acid groups (broad SMARTS) is 1. The number of aromatic nitrogens is 1. The fourth-order valence-electron chi connectivity index (χ4n) is 2.66. The lowest BCUT2D eigenvalue weighted by Crippen LogP contribution is -2.11. The Morgan fingerprint density at radius 2 is 2.04 bits per heavy atom. The molecule has 1 N–H and O–H groups in total. The highest BCUT2D eigenvalue weighted by Gasteiger charge is 2.21. The Morgan fingerprint density at radius 3 is 2.65 bits per heavy atom. The van der Waals surface area contributed by atoms with Crippen LogP contribution in [0.1, 0.15) is 36.2 Å². The lowest BCUT2D eigenvalue weighted by atomic mass is 10.1. The molecule has 6 nitrogen and oxygen atoms in total. The van der Waals surface area contributed by atoms with Crippen LogP contribution >= 0.6 is 15.9 Å². The van der Waals surface area contributed by atoms with Crippen molar-refractivity contribution in [2.24, 2.45) is 0 Å². The van der Waals surface area contributed by atoms with E-state index in [-0.39, 0.29) is 11.8 Å². The van der Waals surface area contributed by atoms with Crippen molar-refractivity contribution in [2.45, 2.75) is 31.8 Å². The summed E-state index contributed by atoms with van der Waals surface area (Å²) in [5.74, 6) is 0.445. The number of halogens is 1. The van der Waals surface area contributed by atoms with Crippen LogP contribution < -0.4 is 9.47 Å². The first kappa shape index (κ1) is 15.9. The Balaban J connectivity index is 1.93. The maximum atomic E-state index is 10.9. The SMILES string of the molecule is COc1cc(-c2cc(C(=O)O)no2)c(Br)cc1OC1CCCC1. The third-order valence-corrected chi connectivity index (χ3v) is 4.50. The molecule has 1 aromatic heterocycles. The summed E-state index contributed by atoms with van der Waals surface area (Å²) in [6, 6.07) is 4.94. The molecule has 23 heavy (non-hydrogen) atoms. The van der Waals surface area contributed by atoms with Gasteiger partial charge in [-0.05, 0) is 53.7 Å². The van der Waals surface area contributed by atoms with Crippen molar-refractivity contribution in [1.82, 2.24) is 5.16 Å². The lowest BCUT2D eigenvalue weighted by Gasteiger charge is -2.17. The molecular formula is C16H16BrNO5. The number of hydrogen-bond donors (Lipinski definition) is 1. The van der Waals surface area contributed by atoms with Crippen LogP contribution in [-0.2, 0) is 0 Å². The number of hydrogen-bond acceptors (Lipinski definition) is 5. The van der Waals surface area contributed by atoms with Crippen molar-refractivity contribution in [2.75, 3.05) is 7.11 Å². The van der Waals surface area contributed by atoms with Gasteiger partial charge in [-0.1, -0.05) is 5.16 Å². The average Bonchev–Trinajstić information content (AvgIpc) is 3.18. The molecular weight excluding hydrogens is 366 g/mol. The fraction of sp³-hybridized carbons (Fsp3) is 0.375. The highest BCUT2D eigenvalue weighted by molar-refractivity contribution is 9.10. The van der Waals surface area contributed by atoms with Crippen LogP contribution in [0, 0.1) is 0 Å². The molecule has 1 saturated carbocycles. The van der Waals surface area contributed by atoms with Gasteiger partial charge < -0.3 is 19.1 Å². The molecule has 1 aromatic carbocycles. The molecule has 1 heterocycles. The van der Waals surface area contributed by atoms with Gasteiger partial charge in [0.2, 0.25) is 0 Å². The van der Waals surface area contributed by atoms with Gasteiger partial charge in [0, 0.05) is 16.1 Å². The molecule has 0 unspecified atom stereocenters. The van der Waals surface area contributed by atoms with Gasteiger partial charge in [0.25, 0.3) is 0 Å². The molecule has 1 aliphatic rings. The van der Waals surface area contributed by atoms with Crippen LogP contribution in [-0.4, -0.2) is 29.4 Å². The first-order chi connectivity index (χ1) is 11.1. The van der Waals surface area contributed by atoms with Gasteiger partial charge in [-0.3, -0.25) is 0 Å². The molecule has 0 bridgehead atoms. The average molecular weight is 382 g/mol. The minimum atomic E-state index is -1.13. The van der Waals surface area contributed by atoms with Crippen LogP contribution in [0.15, 0.2) is 27.2 Å². The van der Waals surface area contributed by atoms with Crippen molar-refractivity contribution in [3.05, 3.63) is 28.4 Å². The summed E-state index contributed by atoms with van der Waals surface area (Å²) in [6.45, 7) is 0. The van der Waals surface area contributed by atoms with Crippen molar-refractivity contribution in [3.8, 4) is 22.8 Å². The van der Waals surface area contributed by atoms with E-state index in [9.17, 15) is 4.79 Å². The second-order valence-corrected chi connectivity index (χ2v) is 6.24. The first-order valence-corrected chi connectivity index (χ1v) is 8.12. The Morgan fingerprint density at radius 1 is 1.30 bits per heavy atom. The summed E-state index contributed by atoms with van der Waals surface area (Å²) in [6.07, 6.45) is 4.68. The van der Waals surface area contributed by atoms with E-state index in [4.69, 9.17) is 19.1 Å². The number of aromatic carboxylic acids is 1. The van der Waals surface area contributed by atoms with Crippen LogP contribution in [0.25, 0.3) is 11.3 Å². The largest absolute Gasteiger partial charge is 0.493 e. The van der Waals surface area contributed by atoms with E-state index in [0.29, 0.717) is 22.8 Å². The highest BCUT2D eigenvalue weighted by Crippen LogP contribution is 2.40. The van der Waals surface area contributed by atoms with Crippen molar-refractivity contribution in [3.63, 3.8) is 0 Å². The van der Waals surface area contributed by atoms with Gasteiger partial charge in [0.05, 0.1) is 13.2 Å². The Labute approximate surface area is 141 Å². The third-order valence-electron chi connectivity index (χ3n) is 3.84. The second-order valence-electron chi connectivity index (χ2n) is 5.39. The zero-order valence-electron chi connectivity index (χ0n) is 12.5. The monoisotopic (exact) mass is 381 g/mol. The number of nitrogens with zero attached hydrogens (tertiary/aromatic N) is 1. The molecule has 0 saturated heterocycles. The number of rotatable bonds is 5. The molecule has 2 aromatic rings. The van der Waals surface area contributed by atoms with Gasteiger partial charge >= 0.3 is 5.97 Å². The maximum Gasteiger partial charge on any atom is 0.358 e. The minimum absolute atomic E-state index is 0.142. The summed E-state index contributed by atoms with van der Waals surface area (Å²) >= 11 is 3.47. The quantitative estimate of drug-likeness (QED) is 0.837. The predicted molar refractivity (Wildman–Crippen MR) is 86.0 cm³/mol. The maximum absolute atomic E-state index is 10.9. The molecule has 122 valence electrons. The van der Waals surface area contributed by atoms with E-state index in [1.165, 1.54) is 18.9 Å². The summed E-state index contributed by atoms with van der Waals surface area (Å²) in [5, 5.41) is 12.5. The van der Waals surface area contributed by atoms with E-state index in [0.717, 1.165) is 17.3 Å². The van der Waals surface area contributed by atoms with Crippen LogP contribution in [0.4, 0.5) is 0 Å². The standard InChI is InChI=1S/C16H16BrNO5/c1-21-14-6-10(13-8-12(16(19)20)18-23-13)11(17)7-15(14)22-9-4-2-3-5-9/h6-9H,2-5H2,1H3,(H,19,20). The predicted octanol–water partition coefficient (Wildman–Crippen LogP) is 4.13. The van der Waals surface area contributed by atoms with E-state index in [2.05, 4.69) is 21.1 Å². The summed E-state index contributed by atoms with van der Waals surface area (Å²) < 4.78 is 17.3. The number of carbonyl (C=O) groups is 1. The number of ether oxygens (including phenoxy) is 2. The molecule has 0 amide bonds. The Hall–Kier alpha value is -2.02. The third kappa shape index (κ3) is 3.34. The van der Waals surface area contributed by atoms with Crippen molar-refractivity contribution in [1.29, 1.82) is 0 Å². The molecule has 0 atom stereocenters. The van der Waals surface area contributed by atoms with Crippen LogP contribution in [0.2, 0.25) is 0 Å². The van der Waals surface area contributed by atoms with E-state index in [1.807, 2.05) is 6.07 Å². The molecule has 3 rings (SSSR count). The normalized spacial score (nSPS) is 14.9. The number of methoxy groups -OCH3 is 1. The Bertz CT molecular complexity index is 721. The van der Waals surface area contributed by atoms with Gasteiger partial charge in [-0.25, -0.2) is 4.79 Å². The van der Waals surface area contributed by atoms with Crippen LogP contribution in [0.3, 0.4) is 0 Å². The van der Waals surface area contributed by atoms with Gasteiger partial charge in [-0.15, -0.1) is 0 Å². The molecule has 0 aliphatic heterocycles. The molecule has 1 fully saturated rings. The number of carboxylic acids is 1. The van der Waals surface area contributed by atoms with Gasteiger partial charge in [0.1, 0.15) is 0 Å². The zero-order valence-corrected chi connectivity index (χ0v) is 14.1. The molecule has 0 spiro atoms. The van der Waals surface area contributed by atoms with Gasteiger partial charge in [-0.2, -0.15) is 0 Å². The van der Waals surface area contributed by atoms with Crippen molar-refractivity contribution < 1.29 is 23.9 Å². The first-order valence-electron chi connectivity index (χ1n) is 7.33. The molecule has 1 aliphatic carbocycles. The topological polar surface area (TPSA) is 81.8 Å². The van der Waals surface area contributed by atoms with Gasteiger partial charge in [0.15, 0.2) is 23.0 Å². The second kappa shape index (κ2) is 6.62. The Kier molecular flexibility index (Phi) is 4.56. The summed E-state index contributed by atoms with van der Waals surface area (Å²) in [7, 11) is 1.57. The lowest BCUT2D eigenvalue weighted by molar-refractivity contribution is 0.0686. The van der Waals surface area contributed by atoms with Crippen LogP contribution in [0.5, 0.6) is 11.5 Å². The van der Waals surface area contributed by atoms with E-state index < -0.39 is 5.97 Å². The minimum Gasteiger partial charge on any atom is -0.493 e. The fourth-order valence-corrected chi connectivity index (χ4v) is 3.18. The zero-order chi connectivity index (χ0) is 16.4. The summed E-state index contributed by atoms with van der Waals surface area (Å²) in [4.78, 5) is 10.9. The summed E-state index contributed by atoms with van der Waals surface area (Å²) in [5.41, 5.74) is 0.512. The molecule has 0 radical (unpaired) electrons. The molecule has 7 heteroatoms.